The molecule has 2 N–H and O–H groups in total. The summed E-state index contributed by atoms with van der Waals surface area (Å²) in [6, 6.07) is 0. The maximum absolute atomic E-state index is 10.4. The van der Waals surface area contributed by atoms with Gasteiger partial charge in [-0.05, 0) is 64.2 Å². The molecular formula is C46H88O4. The van der Waals surface area contributed by atoms with Gasteiger partial charge in [-0.15, -0.1) is 0 Å². The molecule has 0 radical (unpaired) electrons. The van der Waals surface area contributed by atoms with Gasteiger partial charge in [0.1, 0.15) is 0 Å². The van der Waals surface area contributed by atoms with E-state index in [2.05, 4.69) is 38.2 Å². The van der Waals surface area contributed by atoms with Gasteiger partial charge in [-0.1, -0.05) is 205 Å². The maximum atomic E-state index is 10.4. The van der Waals surface area contributed by atoms with Crippen molar-refractivity contribution in [2.45, 2.75) is 258 Å². The number of hydrogen-bond acceptors (Lipinski definition) is 2. The van der Waals surface area contributed by atoms with Crippen LogP contribution < -0.4 is 0 Å². The molecule has 0 bridgehead atoms. The molecule has 0 aromatic carbocycles. The first-order valence-electron chi connectivity index (χ1n) is 22.3. The number of aliphatic carboxylic acids is 2. The van der Waals surface area contributed by atoms with Crippen molar-refractivity contribution >= 4 is 11.9 Å². The van der Waals surface area contributed by atoms with Gasteiger partial charge in [0.05, 0.1) is 0 Å². The molecule has 0 amide bonds. The minimum atomic E-state index is -0.656. The van der Waals surface area contributed by atoms with Gasteiger partial charge in [0.15, 0.2) is 0 Å². The highest BCUT2D eigenvalue weighted by Crippen LogP contribution is 2.14. The van der Waals surface area contributed by atoms with Gasteiger partial charge in [0.25, 0.3) is 0 Å². The van der Waals surface area contributed by atoms with Crippen LogP contribution in [0.5, 0.6) is 0 Å². The SMILES string of the molecule is CCCCCCCCC=CCCCCCCCCCCCC(=O)O.CCCCCCCCC=CCCCCCCCCCCCCCC(=O)O. The van der Waals surface area contributed by atoms with Gasteiger partial charge in [0.2, 0.25) is 0 Å². The Morgan fingerprint density at radius 3 is 0.680 bits per heavy atom. The Labute approximate surface area is 313 Å². The van der Waals surface area contributed by atoms with E-state index in [1.165, 1.54) is 205 Å². The van der Waals surface area contributed by atoms with Crippen molar-refractivity contribution in [3.8, 4) is 0 Å². The minimum absolute atomic E-state index is 0.340. The number of carbonyl (C=O) groups is 2. The lowest BCUT2D eigenvalue weighted by Gasteiger charge is -2.02. The summed E-state index contributed by atoms with van der Waals surface area (Å²) >= 11 is 0. The van der Waals surface area contributed by atoms with Gasteiger partial charge in [-0.3, -0.25) is 9.59 Å². The third kappa shape index (κ3) is 53.2. The first-order valence-corrected chi connectivity index (χ1v) is 22.3. The summed E-state index contributed by atoms with van der Waals surface area (Å²) < 4.78 is 0. The second-order valence-electron chi connectivity index (χ2n) is 15.0. The van der Waals surface area contributed by atoms with E-state index in [0.29, 0.717) is 12.8 Å². The molecule has 0 aliphatic rings. The van der Waals surface area contributed by atoms with Crippen LogP contribution in [-0.4, -0.2) is 22.2 Å². The number of rotatable bonds is 40. The van der Waals surface area contributed by atoms with Crippen molar-refractivity contribution in [1.82, 2.24) is 0 Å². The summed E-state index contributed by atoms with van der Waals surface area (Å²) in [5.74, 6) is -1.31. The first-order chi connectivity index (χ1) is 24.5. The van der Waals surface area contributed by atoms with Crippen LogP contribution >= 0.6 is 0 Å². The molecule has 296 valence electrons. The molecule has 4 nitrogen and oxygen atoms in total. The molecular weight excluding hydrogens is 617 g/mol. The third-order valence-electron chi connectivity index (χ3n) is 9.80. The lowest BCUT2D eigenvalue weighted by atomic mass is 10.0. The summed E-state index contributed by atoms with van der Waals surface area (Å²) in [6.07, 6.45) is 57.2. The van der Waals surface area contributed by atoms with Crippen molar-refractivity contribution in [2.75, 3.05) is 0 Å². The van der Waals surface area contributed by atoms with Crippen molar-refractivity contribution in [1.29, 1.82) is 0 Å². The zero-order valence-corrected chi connectivity index (χ0v) is 33.9. The normalized spacial score (nSPS) is 11.4. The predicted octanol–water partition coefficient (Wildman–Crippen LogP) is 16.1. The Balaban J connectivity index is 0. The lowest BCUT2D eigenvalue weighted by molar-refractivity contribution is -0.138. The van der Waals surface area contributed by atoms with Crippen LogP contribution in [-0.2, 0) is 9.59 Å². The van der Waals surface area contributed by atoms with Crippen LogP contribution in [0.4, 0.5) is 0 Å². The molecule has 50 heavy (non-hydrogen) atoms. The van der Waals surface area contributed by atoms with Crippen LogP contribution in [0.2, 0.25) is 0 Å². The van der Waals surface area contributed by atoms with E-state index in [0.717, 1.165) is 25.7 Å². The van der Waals surface area contributed by atoms with Crippen molar-refractivity contribution < 1.29 is 19.8 Å². The summed E-state index contributed by atoms with van der Waals surface area (Å²) in [7, 11) is 0. The Bertz CT molecular complexity index is 713. The number of unbranched alkanes of at least 4 members (excludes halogenated alkanes) is 32. The number of allylic oxidation sites excluding steroid dienone is 4. The third-order valence-corrected chi connectivity index (χ3v) is 9.80. The second kappa shape index (κ2) is 47.4. The molecule has 0 aromatic rings. The quantitative estimate of drug-likeness (QED) is 0.0492. The fourth-order valence-corrected chi connectivity index (χ4v) is 6.46. The van der Waals surface area contributed by atoms with Crippen LogP contribution in [0.1, 0.15) is 258 Å². The monoisotopic (exact) mass is 705 g/mol. The standard InChI is InChI=1S/C24H46O2.C22H42O2/c1-2-3-4-5-6-7-8-9-10-11-12-13-14-15-16-17-18-19-20-21-22-23-24(25)26;1-2-3-4-5-6-7-8-9-10-11-12-13-14-15-16-17-18-19-20-21-22(23)24/h9-10H,2-8,11-23H2,1H3,(H,25,26);9-10H,2-8,11-21H2,1H3,(H,23,24). The predicted molar refractivity (Wildman–Crippen MR) is 220 cm³/mol. The number of carboxylic acid groups (broad SMARTS) is 2. The van der Waals surface area contributed by atoms with Crippen molar-refractivity contribution in [2.24, 2.45) is 0 Å². The molecule has 0 saturated carbocycles. The Kier molecular flexibility index (Phi) is 47.9. The second-order valence-corrected chi connectivity index (χ2v) is 15.0. The molecule has 0 aliphatic heterocycles. The summed E-state index contributed by atoms with van der Waals surface area (Å²) in [4.78, 5) is 20.8. The van der Waals surface area contributed by atoms with Crippen molar-refractivity contribution in [3.05, 3.63) is 24.3 Å². The maximum Gasteiger partial charge on any atom is 0.303 e. The average Bonchev–Trinajstić information content (AvgIpc) is 3.10. The molecule has 0 fully saturated rings. The number of hydrogen-bond donors (Lipinski definition) is 2. The zero-order chi connectivity index (χ0) is 36.9. The van der Waals surface area contributed by atoms with Gasteiger partial charge >= 0.3 is 11.9 Å². The van der Waals surface area contributed by atoms with Gasteiger partial charge in [-0.2, -0.15) is 0 Å². The topological polar surface area (TPSA) is 74.6 Å². The van der Waals surface area contributed by atoms with E-state index in [1.54, 1.807) is 0 Å². The smallest absolute Gasteiger partial charge is 0.303 e. The van der Waals surface area contributed by atoms with Gasteiger partial charge in [0, 0.05) is 12.8 Å². The zero-order valence-electron chi connectivity index (χ0n) is 33.9. The van der Waals surface area contributed by atoms with Crippen molar-refractivity contribution in [3.63, 3.8) is 0 Å². The Hall–Kier alpha value is -1.58. The average molecular weight is 705 g/mol. The summed E-state index contributed by atoms with van der Waals surface area (Å²) in [5, 5.41) is 17.1. The van der Waals surface area contributed by atoms with Crippen LogP contribution in [0, 0.1) is 0 Å². The summed E-state index contributed by atoms with van der Waals surface area (Å²) in [5.41, 5.74) is 0. The Morgan fingerprint density at radius 1 is 0.300 bits per heavy atom. The van der Waals surface area contributed by atoms with Gasteiger partial charge in [-0.25, -0.2) is 0 Å². The molecule has 0 rings (SSSR count). The summed E-state index contributed by atoms with van der Waals surface area (Å²) in [6.45, 7) is 4.55. The molecule has 0 heterocycles. The Morgan fingerprint density at radius 2 is 0.480 bits per heavy atom. The first kappa shape index (κ1) is 50.5. The highest BCUT2D eigenvalue weighted by atomic mass is 16.4. The lowest BCUT2D eigenvalue weighted by Crippen LogP contribution is -1.93. The minimum Gasteiger partial charge on any atom is -0.481 e. The molecule has 4 heteroatoms. The van der Waals surface area contributed by atoms with Gasteiger partial charge < -0.3 is 10.2 Å². The molecule has 0 aliphatic carbocycles. The molecule has 0 unspecified atom stereocenters. The molecule has 0 aromatic heterocycles. The highest BCUT2D eigenvalue weighted by Gasteiger charge is 1.98. The van der Waals surface area contributed by atoms with E-state index in [9.17, 15) is 9.59 Å². The van der Waals surface area contributed by atoms with E-state index in [-0.39, 0.29) is 0 Å². The van der Waals surface area contributed by atoms with Crippen LogP contribution in [0.25, 0.3) is 0 Å². The molecule has 0 atom stereocenters. The van der Waals surface area contributed by atoms with E-state index in [1.807, 2.05) is 0 Å². The van der Waals surface area contributed by atoms with E-state index in [4.69, 9.17) is 10.2 Å². The van der Waals surface area contributed by atoms with Crippen LogP contribution in [0.3, 0.4) is 0 Å². The van der Waals surface area contributed by atoms with E-state index >= 15 is 0 Å². The largest absolute Gasteiger partial charge is 0.481 e. The fourth-order valence-electron chi connectivity index (χ4n) is 6.46. The highest BCUT2D eigenvalue weighted by molar-refractivity contribution is 5.66. The molecule has 0 saturated heterocycles. The van der Waals surface area contributed by atoms with E-state index < -0.39 is 11.9 Å². The van der Waals surface area contributed by atoms with Crippen LogP contribution in [0.15, 0.2) is 24.3 Å². The molecule has 0 spiro atoms. The fraction of sp³-hybridized carbons (Fsp3) is 0.870. The number of carboxylic acids is 2.